The summed E-state index contributed by atoms with van der Waals surface area (Å²) < 4.78 is 0. The third kappa shape index (κ3) is 23.4. The van der Waals surface area contributed by atoms with E-state index in [1.807, 2.05) is 6.92 Å². The smallest absolute Gasteiger partial charge is 0.306 e. The van der Waals surface area contributed by atoms with Gasteiger partial charge in [-0.1, -0.05) is 91.4 Å². The van der Waals surface area contributed by atoms with Gasteiger partial charge in [-0.25, -0.2) is 0 Å². The van der Waals surface area contributed by atoms with Crippen LogP contribution in [-0.2, 0) is 4.79 Å². The molecule has 0 aromatic heterocycles. The second-order valence-electron chi connectivity index (χ2n) is 7.57. The van der Waals surface area contributed by atoms with E-state index in [0.29, 0.717) is 0 Å². The van der Waals surface area contributed by atoms with E-state index in [1.54, 1.807) is 0 Å². The number of carboxylic acids is 1. The number of hydrogen-bond acceptors (Lipinski definition) is 2. The normalized spacial score (nSPS) is 11.9. The van der Waals surface area contributed by atoms with E-state index in [4.69, 9.17) is 5.11 Å². The highest BCUT2D eigenvalue weighted by Gasteiger charge is 2.12. The lowest BCUT2D eigenvalue weighted by Gasteiger charge is -2.08. The monoisotopic (exact) mass is 357 g/mol. The van der Waals surface area contributed by atoms with Crippen LogP contribution < -0.4 is 0 Å². The summed E-state index contributed by atoms with van der Waals surface area (Å²) in [6.45, 7) is 7.55. The van der Waals surface area contributed by atoms with Crippen LogP contribution in [0.2, 0.25) is 0 Å². The fourth-order valence-corrected chi connectivity index (χ4v) is 2.87. The summed E-state index contributed by atoms with van der Waals surface area (Å²) in [5, 5.41) is 8.60. The van der Waals surface area contributed by atoms with Crippen molar-refractivity contribution in [2.24, 2.45) is 5.92 Å². The second-order valence-corrected chi connectivity index (χ2v) is 7.57. The zero-order valence-corrected chi connectivity index (χ0v) is 18.0. The van der Waals surface area contributed by atoms with Gasteiger partial charge in [0.15, 0.2) is 0 Å². The molecule has 0 fully saturated rings. The quantitative estimate of drug-likeness (QED) is 0.310. The molecule has 0 aromatic rings. The molecular weight excluding hydrogens is 310 g/mol. The van der Waals surface area contributed by atoms with Gasteiger partial charge >= 0.3 is 5.97 Å². The Bertz CT molecular complexity index is 267. The van der Waals surface area contributed by atoms with Crippen LogP contribution in [0.15, 0.2) is 0 Å². The number of nitrogens with zero attached hydrogens (tertiary/aromatic N) is 1. The van der Waals surface area contributed by atoms with E-state index in [9.17, 15) is 4.79 Å². The van der Waals surface area contributed by atoms with Gasteiger partial charge in [0.05, 0.1) is 5.92 Å². The van der Waals surface area contributed by atoms with E-state index in [-0.39, 0.29) is 5.92 Å². The average molecular weight is 358 g/mol. The van der Waals surface area contributed by atoms with Crippen LogP contribution in [0.25, 0.3) is 0 Å². The lowest BCUT2D eigenvalue weighted by atomic mass is 10.00. The van der Waals surface area contributed by atoms with Gasteiger partial charge < -0.3 is 10.0 Å². The van der Waals surface area contributed by atoms with Crippen molar-refractivity contribution < 1.29 is 9.90 Å². The Morgan fingerprint density at radius 2 is 1.20 bits per heavy atom. The Hall–Kier alpha value is -0.570. The summed E-state index contributed by atoms with van der Waals surface area (Å²) in [4.78, 5) is 12.7. The number of carboxylic acid groups (broad SMARTS) is 1. The van der Waals surface area contributed by atoms with Gasteiger partial charge in [-0.3, -0.25) is 4.79 Å². The maximum atomic E-state index is 10.4. The van der Waals surface area contributed by atoms with Crippen molar-refractivity contribution in [3.63, 3.8) is 0 Å². The highest BCUT2D eigenvalue weighted by molar-refractivity contribution is 5.69. The van der Waals surface area contributed by atoms with Crippen LogP contribution in [0.3, 0.4) is 0 Å². The average Bonchev–Trinajstić information content (AvgIpc) is 2.57. The molecule has 0 saturated heterocycles. The summed E-state index contributed by atoms with van der Waals surface area (Å²) >= 11 is 0. The molecule has 1 N–H and O–H groups in total. The van der Waals surface area contributed by atoms with Gasteiger partial charge in [-0.2, -0.15) is 0 Å². The molecule has 25 heavy (non-hydrogen) atoms. The van der Waals surface area contributed by atoms with Crippen LogP contribution >= 0.6 is 0 Å². The number of rotatable bonds is 16. The molecule has 0 heterocycles. The first kappa shape index (κ1) is 26.7. The van der Waals surface area contributed by atoms with Crippen LogP contribution in [0.5, 0.6) is 0 Å². The molecule has 0 aliphatic heterocycles. The molecule has 0 aliphatic rings. The van der Waals surface area contributed by atoms with Crippen molar-refractivity contribution in [1.29, 1.82) is 0 Å². The largest absolute Gasteiger partial charge is 0.481 e. The molecule has 0 rings (SSSR count). The van der Waals surface area contributed by atoms with Crippen LogP contribution in [0.4, 0.5) is 0 Å². The highest BCUT2D eigenvalue weighted by atomic mass is 16.4. The SMILES string of the molecule is CCCCC(CC)C(=O)O.CCCCCCCCCCCCN(C)C. The van der Waals surface area contributed by atoms with E-state index in [1.165, 1.54) is 70.8 Å². The third-order valence-electron chi connectivity index (χ3n) is 4.71. The summed E-state index contributed by atoms with van der Waals surface area (Å²) in [7, 11) is 4.32. The molecule has 0 aromatic carbocycles. The Kier molecular flexibility index (Phi) is 22.9. The lowest BCUT2D eigenvalue weighted by Crippen LogP contribution is -2.12. The molecule has 3 heteroatoms. The summed E-state index contributed by atoms with van der Waals surface area (Å²) in [5.41, 5.74) is 0. The number of aliphatic carboxylic acids is 1. The first-order chi connectivity index (χ1) is 12.0. The maximum absolute atomic E-state index is 10.4. The highest BCUT2D eigenvalue weighted by Crippen LogP contribution is 2.12. The van der Waals surface area contributed by atoms with E-state index < -0.39 is 5.97 Å². The standard InChI is InChI=1S/C14H31N.C8H16O2/c1-4-5-6-7-8-9-10-11-12-13-14-15(2)3;1-3-5-6-7(4-2)8(9)10/h4-14H2,1-3H3;7H,3-6H2,1-2H3,(H,9,10). The van der Waals surface area contributed by atoms with E-state index >= 15 is 0 Å². The van der Waals surface area contributed by atoms with Gasteiger partial charge in [0.25, 0.3) is 0 Å². The van der Waals surface area contributed by atoms with Crippen molar-refractivity contribution in [2.45, 2.75) is 111 Å². The molecule has 1 unspecified atom stereocenters. The maximum Gasteiger partial charge on any atom is 0.306 e. The molecule has 0 amide bonds. The van der Waals surface area contributed by atoms with Crippen molar-refractivity contribution >= 4 is 5.97 Å². The zero-order chi connectivity index (χ0) is 19.3. The molecule has 1 atom stereocenters. The molecule has 0 saturated carbocycles. The molecule has 0 bridgehead atoms. The fraction of sp³-hybridized carbons (Fsp3) is 0.955. The molecule has 3 nitrogen and oxygen atoms in total. The zero-order valence-electron chi connectivity index (χ0n) is 18.0. The van der Waals surface area contributed by atoms with E-state index in [2.05, 4.69) is 32.8 Å². The van der Waals surface area contributed by atoms with Crippen molar-refractivity contribution in [1.82, 2.24) is 4.90 Å². The van der Waals surface area contributed by atoms with Gasteiger partial charge in [-0.15, -0.1) is 0 Å². The summed E-state index contributed by atoms with van der Waals surface area (Å²) in [6.07, 6.45) is 18.1. The minimum atomic E-state index is -0.643. The minimum absolute atomic E-state index is 0.111. The fourth-order valence-electron chi connectivity index (χ4n) is 2.87. The van der Waals surface area contributed by atoms with Crippen LogP contribution in [0, 0.1) is 5.92 Å². The van der Waals surface area contributed by atoms with Crippen LogP contribution in [0.1, 0.15) is 111 Å². The van der Waals surface area contributed by atoms with E-state index in [0.717, 1.165) is 25.7 Å². The second kappa shape index (κ2) is 21.5. The topological polar surface area (TPSA) is 40.5 Å². The summed E-state index contributed by atoms with van der Waals surface area (Å²) in [5.74, 6) is -0.754. The first-order valence-electron chi connectivity index (χ1n) is 10.9. The van der Waals surface area contributed by atoms with Gasteiger partial charge in [0, 0.05) is 0 Å². The molecule has 0 aliphatic carbocycles. The predicted octanol–water partition coefficient (Wildman–Crippen LogP) is 6.76. The Morgan fingerprint density at radius 1 is 0.760 bits per heavy atom. The van der Waals surface area contributed by atoms with Gasteiger partial charge in [0.2, 0.25) is 0 Å². The first-order valence-corrected chi connectivity index (χ1v) is 10.9. The Morgan fingerprint density at radius 3 is 1.56 bits per heavy atom. The number of hydrogen-bond donors (Lipinski definition) is 1. The van der Waals surface area contributed by atoms with Crippen molar-refractivity contribution in [3.05, 3.63) is 0 Å². The van der Waals surface area contributed by atoms with Gasteiger partial charge in [-0.05, 0) is 39.9 Å². The van der Waals surface area contributed by atoms with Crippen LogP contribution in [-0.4, -0.2) is 36.6 Å². The summed E-state index contributed by atoms with van der Waals surface area (Å²) in [6, 6.07) is 0. The molecule has 152 valence electrons. The number of carbonyl (C=O) groups is 1. The molecule has 0 radical (unpaired) electrons. The van der Waals surface area contributed by atoms with Crippen molar-refractivity contribution in [2.75, 3.05) is 20.6 Å². The predicted molar refractivity (Wildman–Crippen MR) is 111 cm³/mol. The third-order valence-corrected chi connectivity index (χ3v) is 4.71. The molecule has 0 spiro atoms. The Balaban J connectivity index is 0. The van der Waals surface area contributed by atoms with Crippen molar-refractivity contribution in [3.8, 4) is 0 Å². The lowest BCUT2D eigenvalue weighted by molar-refractivity contribution is -0.142. The Labute approximate surface area is 158 Å². The minimum Gasteiger partial charge on any atom is -0.481 e. The van der Waals surface area contributed by atoms with Gasteiger partial charge in [0.1, 0.15) is 0 Å². The molecular formula is C22H47NO2. The number of unbranched alkanes of at least 4 members (excludes halogenated alkanes) is 10.